The van der Waals surface area contributed by atoms with Gasteiger partial charge < -0.3 is 0 Å². The first-order valence-electron chi connectivity index (χ1n) is 4.55. The van der Waals surface area contributed by atoms with E-state index in [2.05, 4.69) is 21.0 Å². The van der Waals surface area contributed by atoms with Crippen molar-refractivity contribution in [3.63, 3.8) is 0 Å². The monoisotopic (exact) mass is 300 g/mol. The van der Waals surface area contributed by atoms with Crippen LogP contribution in [0.15, 0.2) is 47.2 Å². The molecule has 1 heterocycles. The molecule has 0 saturated carbocycles. The van der Waals surface area contributed by atoms with Gasteiger partial charge in [0, 0.05) is 0 Å². The summed E-state index contributed by atoms with van der Waals surface area (Å²) in [5, 5.41) is 3.77. The highest BCUT2D eigenvalue weighted by Gasteiger charge is 2.14. The molecule has 0 amide bonds. The fourth-order valence-electron chi connectivity index (χ4n) is 1.29. The van der Waals surface area contributed by atoms with E-state index in [0.717, 1.165) is 9.65 Å². The molecular formula is C10H9BrN2O2S. The SMILES string of the molecule is O=S(=O)(Cc1ccccc1)n1cc(Br)cn1. The molecule has 0 N–H and O–H groups in total. The fraction of sp³-hybridized carbons (Fsp3) is 0.100. The first kappa shape index (κ1) is 11.3. The van der Waals surface area contributed by atoms with Gasteiger partial charge in [-0.05, 0) is 21.5 Å². The summed E-state index contributed by atoms with van der Waals surface area (Å²) >= 11 is 3.16. The average Bonchev–Trinajstić information content (AvgIpc) is 2.66. The maximum absolute atomic E-state index is 11.9. The van der Waals surface area contributed by atoms with Gasteiger partial charge in [0.05, 0.1) is 22.6 Å². The second kappa shape index (κ2) is 4.39. The van der Waals surface area contributed by atoms with E-state index in [1.54, 1.807) is 12.1 Å². The second-order valence-corrected chi connectivity index (χ2v) is 6.02. The normalized spacial score (nSPS) is 11.6. The number of rotatable bonds is 3. The lowest BCUT2D eigenvalue weighted by Crippen LogP contribution is -2.15. The Morgan fingerprint density at radius 2 is 1.94 bits per heavy atom. The third-order valence-corrected chi connectivity index (χ3v) is 3.88. The quantitative estimate of drug-likeness (QED) is 0.871. The molecule has 0 spiro atoms. The Morgan fingerprint density at radius 3 is 2.50 bits per heavy atom. The number of halogens is 1. The zero-order chi connectivity index (χ0) is 11.6. The van der Waals surface area contributed by atoms with E-state index in [1.807, 2.05) is 18.2 Å². The number of nitrogens with zero attached hydrogens (tertiary/aromatic N) is 2. The van der Waals surface area contributed by atoms with Crippen molar-refractivity contribution < 1.29 is 8.42 Å². The first-order chi connectivity index (χ1) is 7.58. The lowest BCUT2D eigenvalue weighted by atomic mass is 10.2. The summed E-state index contributed by atoms with van der Waals surface area (Å²) in [7, 11) is -3.42. The van der Waals surface area contributed by atoms with Crippen LogP contribution in [-0.4, -0.2) is 17.6 Å². The van der Waals surface area contributed by atoms with Gasteiger partial charge in [0.25, 0.3) is 10.0 Å². The van der Waals surface area contributed by atoms with Crippen LogP contribution < -0.4 is 0 Å². The van der Waals surface area contributed by atoms with Crippen molar-refractivity contribution in [2.45, 2.75) is 5.75 Å². The lowest BCUT2D eigenvalue weighted by molar-refractivity contribution is 0.579. The molecule has 0 radical (unpaired) electrons. The smallest absolute Gasteiger partial charge is 0.204 e. The van der Waals surface area contributed by atoms with Crippen LogP contribution in [0.4, 0.5) is 0 Å². The average molecular weight is 301 g/mol. The van der Waals surface area contributed by atoms with E-state index < -0.39 is 10.0 Å². The molecule has 4 nitrogen and oxygen atoms in total. The van der Waals surface area contributed by atoms with Crippen molar-refractivity contribution in [1.29, 1.82) is 0 Å². The van der Waals surface area contributed by atoms with Crippen LogP contribution in [0.5, 0.6) is 0 Å². The van der Waals surface area contributed by atoms with Crippen molar-refractivity contribution in [2.24, 2.45) is 0 Å². The van der Waals surface area contributed by atoms with Crippen LogP contribution >= 0.6 is 15.9 Å². The Bertz CT molecular complexity index is 578. The highest BCUT2D eigenvalue weighted by molar-refractivity contribution is 9.10. The van der Waals surface area contributed by atoms with Crippen molar-refractivity contribution in [1.82, 2.24) is 9.19 Å². The van der Waals surface area contributed by atoms with Gasteiger partial charge in [-0.3, -0.25) is 0 Å². The van der Waals surface area contributed by atoms with Gasteiger partial charge in [-0.2, -0.15) is 9.19 Å². The molecular weight excluding hydrogens is 292 g/mol. The molecule has 0 atom stereocenters. The first-order valence-corrected chi connectivity index (χ1v) is 6.95. The summed E-state index contributed by atoms with van der Waals surface area (Å²) in [4.78, 5) is 0. The van der Waals surface area contributed by atoms with Crippen LogP contribution in [-0.2, 0) is 15.8 Å². The zero-order valence-electron chi connectivity index (χ0n) is 8.25. The predicted molar refractivity (Wildman–Crippen MR) is 64.4 cm³/mol. The van der Waals surface area contributed by atoms with Gasteiger partial charge in [-0.15, -0.1) is 0 Å². The highest BCUT2D eigenvalue weighted by atomic mass is 79.9. The molecule has 1 aromatic heterocycles. The Morgan fingerprint density at radius 1 is 1.25 bits per heavy atom. The Labute approximate surface area is 102 Å². The number of hydrogen-bond acceptors (Lipinski definition) is 3. The third-order valence-electron chi connectivity index (χ3n) is 2.01. The standard InChI is InChI=1S/C10H9BrN2O2S/c11-10-6-12-13(7-10)16(14,15)8-9-4-2-1-3-5-9/h1-7H,8H2. The van der Waals surface area contributed by atoms with E-state index in [0.29, 0.717) is 4.47 Å². The van der Waals surface area contributed by atoms with Crippen molar-refractivity contribution in [3.05, 3.63) is 52.8 Å². The molecule has 0 fully saturated rings. The van der Waals surface area contributed by atoms with Crippen molar-refractivity contribution in [2.75, 3.05) is 0 Å². The molecule has 0 unspecified atom stereocenters. The Hall–Kier alpha value is -1.14. The highest BCUT2D eigenvalue weighted by Crippen LogP contribution is 2.12. The number of aromatic nitrogens is 2. The van der Waals surface area contributed by atoms with Gasteiger partial charge >= 0.3 is 0 Å². The molecule has 84 valence electrons. The maximum Gasteiger partial charge on any atom is 0.257 e. The van der Waals surface area contributed by atoms with E-state index >= 15 is 0 Å². The van der Waals surface area contributed by atoms with Gasteiger partial charge in [-0.25, -0.2) is 8.42 Å². The predicted octanol–water partition coefficient (Wildman–Crippen LogP) is 2.02. The molecule has 0 aliphatic carbocycles. The molecule has 0 aliphatic rings. The van der Waals surface area contributed by atoms with Crippen LogP contribution in [0, 0.1) is 0 Å². The summed E-state index contributed by atoms with van der Waals surface area (Å²) in [5.41, 5.74) is 0.745. The second-order valence-electron chi connectivity index (χ2n) is 3.27. The largest absolute Gasteiger partial charge is 0.257 e. The fourth-order valence-corrected chi connectivity index (χ4v) is 2.92. The third kappa shape index (κ3) is 2.51. The molecule has 16 heavy (non-hydrogen) atoms. The van der Waals surface area contributed by atoms with Crippen molar-refractivity contribution >= 4 is 26.0 Å². The topological polar surface area (TPSA) is 52.0 Å². The summed E-state index contributed by atoms with van der Waals surface area (Å²) in [6.07, 6.45) is 2.88. The van der Waals surface area contributed by atoms with E-state index in [-0.39, 0.29) is 5.75 Å². The van der Waals surface area contributed by atoms with Gasteiger partial charge in [0.1, 0.15) is 0 Å². The van der Waals surface area contributed by atoms with Gasteiger partial charge in [-0.1, -0.05) is 30.3 Å². The minimum absolute atomic E-state index is 0.0536. The number of benzene rings is 1. The van der Waals surface area contributed by atoms with Gasteiger partial charge in [0.15, 0.2) is 0 Å². The minimum Gasteiger partial charge on any atom is -0.204 e. The van der Waals surface area contributed by atoms with Crippen LogP contribution in [0.2, 0.25) is 0 Å². The van der Waals surface area contributed by atoms with E-state index in [4.69, 9.17) is 0 Å². The van der Waals surface area contributed by atoms with Crippen LogP contribution in [0.1, 0.15) is 5.56 Å². The molecule has 2 rings (SSSR count). The molecule has 0 bridgehead atoms. The van der Waals surface area contributed by atoms with Crippen LogP contribution in [0.25, 0.3) is 0 Å². The van der Waals surface area contributed by atoms with Crippen molar-refractivity contribution in [3.8, 4) is 0 Å². The Balaban J connectivity index is 2.28. The summed E-state index contributed by atoms with van der Waals surface area (Å²) in [6.45, 7) is 0. The van der Waals surface area contributed by atoms with E-state index in [9.17, 15) is 8.42 Å². The maximum atomic E-state index is 11.9. The zero-order valence-corrected chi connectivity index (χ0v) is 10.6. The lowest BCUT2D eigenvalue weighted by Gasteiger charge is -2.03. The number of hydrogen-bond donors (Lipinski definition) is 0. The molecule has 0 aliphatic heterocycles. The summed E-state index contributed by atoms with van der Waals surface area (Å²) in [5.74, 6) is -0.0536. The Kier molecular flexibility index (Phi) is 3.11. The molecule has 6 heteroatoms. The summed E-state index contributed by atoms with van der Waals surface area (Å²) < 4.78 is 25.4. The van der Waals surface area contributed by atoms with Gasteiger partial charge in [0.2, 0.25) is 0 Å². The van der Waals surface area contributed by atoms with E-state index in [1.165, 1.54) is 12.4 Å². The minimum atomic E-state index is -3.42. The molecule has 1 aromatic carbocycles. The molecule has 2 aromatic rings. The molecule has 0 saturated heterocycles. The summed E-state index contributed by atoms with van der Waals surface area (Å²) in [6, 6.07) is 9.01. The van der Waals surface area contributed by atoms with Crippen LogP contribution in [0.3, 0.4) is 0 Å².